The Morgan fingerprint density at radius 1 is 1.00 bits per heavy atom. The summed E-state index contributed by atoms with van der Waals surface area (Å²) in [6, 6.07) is 11.7. The summed E-state index contributed by atoms with van der Waals surface area (Å²) >= 11 is 0. The van der Waals surface area contributed by atoms with Crippen LogP contribution in [0.5, 0.6) is 0 Å². The number of pyridine rings is 1. The molecule has 1 aliphatic rings. The van der Waals surface area contributed by atoms with Crippen LogP contribution < -0.4 is 10.6 Å². The van der Waals surface area contributed by atoms with Crippen LogP contribution in [0.2, 0.25) is 0 Å². The molecule has 0 atom stereocenters. The summed E-state index contributed by atoms with van der Waals surface area (Å²) in [6.45, 7) is 0. The molecular formula is C24H18F2N4O2. The van der Waals surface area contributed by atoms with Gasteiger partial charge in [-0.1, -0.05) is 12.1 Å². The number of hydrogen-bond acceptors (Lipinski definition) is 3. The molecule has 2 aromatic carbocycles. The van der Waals surface area contributed by atoms with E-state index >= 15 is 0 Å². The number of hydrogen-bond donors (Lipinski definition) is 3. The fraction of sp³-hybridized carbons (Fsp3) is 0.125. The van der Waals surface area contributed by atoms with E-state index in [0.717, 1.165) is 41.5 Å². The molecule has 0 saturated heterocycles. The van der Waals surface area contributed by atoms with E-state index in [1.165, 1.54) is 0 Å². The standard InChI is InChI=1S/C24H18F2N4O2/c25-16-8-15(9-17(26)11-16)24(32)29-20-3-1-2-18-19(12-28-22(18)20)14-6-7-27-21(10-14)30-23(31)13-4-5-13/h1-3,6-13,28H,4-5H2,(H,29,32)(H,27,30,31). The summed E-state index contributed by atoms with van der Waals surface area (Å²) in [4.78, 5) is 32.0. The molecule has 1 fully saturated rings. The molecule has 6 nitrogen and oxygen atoms in total. The number of H-pyrrole nitrogens is 1. The topological polar surface area (TPSA) is 86.9 Å². The van der Waals surface area contributed by atoms with Crippen molar-refractivity contribution in [3.05, 3.63) is 78.1 Å². The molecule has 0 aliphatic heterocycles. The average molecular weight is 432 g/mol. The van der Waals surface area contributed by atoms with E-state index in [2.05, 4.69) is 20.6 Å². The zero-order chi connectivity index (χ0) is 22.2. The van der Waals surface area contributed by atoms with Crippen molar-refractivity contribution < 1.29 is 18.4 Å². The summed E-state index contributed by atoms with van der Waals surface area (Å²) in [6.07, 6.45) is 5.24. The van der Waals surface area contributed by atoms with Crippen molar-refractivity contribution in [2.75, 3.05) is 10.6 Å². The first kappa shape index (κ1) is 19.9. The summed E-state index contributed by atoms with van der Waals surface area (Å²) in [5.41, 5.74) is 2.72. The van der Waals surface area contributed by atoms with Crippen molar-refractivity contribution in [1.82, 2.24) is 9.97 Å². The van der Waals surface area contributed by atoms with Gasteiger partial charge in [-0.25, -0.2) is 13.8 Å². The van der Waals surface area contributed by atoms with Gasteiger partial charge in [0.05, 0.1) is 11.2 Å². The number of benzene rings is 2. The highest BCUT2D eigenvalue weighted by Crippen LogP contribution is 2.34. The Bertz CT molecular complexity index is 1340. The minimum Gasteiger partial charge on any atom is -0.359 e. The number of amides is 2. The van der Waals surface area contributed by atoms with Crippen LogP contribution in [0.15, 0.2) is 60.9 Å². The van der Waals surface area contributed by atoms with Crippen molar-refractivity contribution in [3.63, 3.8) is 0 Å². The fourth-order valence-electron chi connectivity index (χ4n) is 3.62. The van der Waals surface area contributed by atoms with Crippen LogP contribution in [0.1, 0.15) is 23.2 Å². The number of fused-ring (bicyclic) bond motifs is 1. The lowest BCUT2D eigenvalue weighted by molar-refractivity contribution is -0.117. The van der Waals surface area contributed by atoms with E-state index in [1.54, 1.807) is 30.6 Å². The minimum absolute atomic E-state index is 0.0210. The van der Waals surface area contributed by atoms with E-state index in [4.69, 9.17) is 0 Å². The molecule has 8 heteroatoms. The molecule has 2 aromatic heterocycles. The third kappa shape index (κ3) is 3.94. The number of rotatable bonds is 5. The lowest BCUT2D eigenvalue weighted by Crippen LogP contribution is -2.14. The highest BCUT2D eigenvalue weighted by Gasteiger charge is 2.29. The van der Waals surface area contributed by atoms with Crippen molar-refractivity contribution in [2.45, 2.75) is 12.8 Å². The number of aromatic amines is 1. The third-order valence-electron chi connectivity index (χ3n) is 5.36. The summed E-state index contributed by atoms with van der Waals surface area (Å²) in [5.74, 6) is -1.73. The number of carbonyl (C=O) groups excluding carboxylic acids is 2. The Balaban J connectivity index is 1.44. The van der Waals surface area contributed by atoms with Gasteiger partial charge in [0.15, 0.2) is 0 Å². The Kier molecular flexibility index (Phi) is 4.89. The second-order valence-corrected chi connectivity index (χ2v) is 7.74. The molecule has 4 aromatic rings. The van der Waals surface area contributed by atoms with E-state index in [-0.39, 0.29) is 17.4 Å². The Labute approximate surface area is 181 Å². The minimum atomic E-state index is -0.821. The summed E-state index contributed by atoms with van der Waals surface area (Å²) < 4.78 is 26.9. The summed E-state index contributed by atoms with van der Waals surface area (Å²) in [7, 11) is 0. The molecule has 2 heterocycles. The van der Waals surface area contributed by atoms with E-state index < -0.39 is 17.5 Å². The number of nitrogens with zero attached hydrogens (tertiary/aromatic N) is 1. The van der Waals surface area contributed by atoms with Gasteiger partial charge in [0, 0.05) is 40.9 Å². The van der Waals surface area contributed by atoms with Gasteiger partial charge in [0.1, 0.15) is 17.5 Å². The highest BCUT2D eigenvalue weighted by atomic mass is 19.1. The van der Waals surface area contributed by atoms with Crippen LogP contribution in [-0.4, -0.2) is 21.8 Å². The van der Waals surface area contributed by atoms with Crippen molar-refractivity contribution in [3.8, 4) is 11.1 Å². The lowest BCUT2D eigenvalue weighted by Gasteiger charge is -2.08. The predicted octanol–water partition coefficient (Wildman–Crippen LogP) is 5.11. The average Bonchev–Trinajstić information content (AvgIpc) is 3.52. The summed E-state index contributed by atoms with van der Waals surface area (Å²) in [5, 5.41) is 6.38. The molecule has 5 rings (SSSR count). The number of aromatic nitrogens is 2. The molecule has 1 aliphatic carbocycles. The Hall–Kier alpha value is -4.07. The second kappa shape index (κ2) is 7.88. The van der Waals surface area contributed by atoms with Crippen LogP contribution in [-0.2, 0) is 4.79 Å². The number of anilines is 2. The molecule has 160 valence electrons. The normalized spacial score (nSPS) is 13.2. The maximum Gasteiger partial charge on any atom is 0.255 e. The molecule has 0 radical (unpaired) electrons. The number of nitrogens with one attached hydrogen (secondary N) is 3. The zero-order valence-electron chi connectivity index (χ0n) is 16.8. The van der Waals surface area contributed by atoms with Gasteiger partial charge in [0.25, 0.3) is 5.91 Å². The van der Waals surface area contributed by atoms with Crippen LogP contribution in [0.3, 0.4) is 0 Å². The number of halogens is 2. The van der Waals surface area contributed by atoms with Crippen LogP contribution in [0.4, 0.5) is 20.3 Å². The fourth-order valence-corrected chi connectivity index (χ4v) is 3.62. The van der Waals surface area contributed by atoms with Crippen molar-refractivity contribution in [1.29, 1.82) is 0 Å². The largest absolute Gasteiger partial charge is 0.359 e. The van der Waals surface area contributed by atoms with Gasteiger partial charge in [-0.3, -0.25) is 9.59 Å². The molecular weight excluding hydrogens is 414 g/mol. The van der Waals surface area contributed by atoms with Gasteiger partial charge in [-0.2, -0.15) is 0 Å². The van der Waals surface area contributed by atoms with Crippen molar-refractivity contribution in [2.24, 2.45) is 5.92 Å². The monoisotopic (exact) mass is 432 g/mol. The maximum atomic E-state index is 13.5. The molecule has 2 amide bonds. The van der Waals surface area contributed by atoms with Crippen LogP contribution in [0, 0.1) is 17.6 Å². The van der Waals surface area contributed by atoms with E-state index in [1.807, 2.05) is 12.1 Å². The van der Waals surface area contributed by atoms with E-state index in [9.17, 15) is 18.4 Å². The first-order valence-electron chi connectivity index (χ1n) is 10.1. The zero-order valence-corrected chi connectivity index (χ0v) is 16.8. The molecule has 1 saturated carbocycles. The quantitative estimate of drug-likeness (QED) is 0.410. The first-order valence-corrected chi connectivity index (χ1v) is 10.1. The first-order chi connectivity index (χ1) is 15.5. The van der Waals surface area contributed by atoms with Gasteiger partial charge < -0.3 is 15.6 Å². The van der Waals surface area contributed by atoms with Crippen molar-refractivity contribution >= 4 is 34.2 Å². The maximum absolute atomic E-state index is 13.5. The lowest BCUT2D eigenvalue weighted by atomic mass is 10.1. The Morgan fingerprint density at radius 3 is 2.53 bits per heavy atom. The smallest absolute Gasteiger partial charge is 0.255 e. The van der Waals surface area contributed by atoms with Gasteiger partial charge in [-0.05, 0) is 48.7 Å². The van der Waals surface area contributed by atoms with Gasteiger partial charge in [-0.15, -0.1) is 0 Å². The SMILES string of the molecule is O=C(Nc1cccc2c(-c3ccnc(NC(=O)C4CC4)c3)c[nH]c12)c1cc(F)cc(F)c1. The third-order valence-corrected chi connectivity index (χ3v) is 5.36. The van der Waals surface area contributed by atoms with Gasteiger partial charge >= 0.3 is 0 Å². The molecule has 0 bridgehead atoms. The predicted molar refractivity (Wildman–Crippen MR) is 117 cm³/mol. The van der Waals surface area contributed by atoms with Crippen LogP contribution in [0.25, 0.3) is 22.0 Å². The van der Waals surface area contributed by atoms with Crippen LogP contribution >= 0.6 is 0 Å². The molecule has 32 heavy (non-hydrogen) atoms. The second-order valence-electron chi connectivity index (χ2n) is 7.74. The number of carbonyl (C=O) groups is 2. The van der Waals surface area contributed by atoms with Gasteiger partial charge in [0.2, 0.25) is 5.91 Å². The molecule has 0 spiro atoms. The Morgan fingerprint density at radius 2 is 1.78 bits per heavy atom. The highest BCUT2D eigenvalue weighted by molar-refractivity contribution is 6.10. The molecule has 3 N–H and O–H groups in total. The number of para-hydroxylation sites is 1. The van der Waals surface area contributed by atoms with E-state index in [0.29, 0.717) is 23.1 Å². The molecule has 0 unspecified atom stereocenters.